The third-order valence-electron chi connectivity index (χ3n) is 7.50. The minimum atomic E-state index is -1.99. The van der Waals surface area contributed by atoms with Crippen molar-refractivity contribution in [2.45, 2.75) is 43.0 Å². The van der Waals surface area contributed by atoms with Gasteiger partial charge in [-0.25, -0.2) is 0 Å². The summed E-state index contributed by atoms with van der Waals surface area (Å²) in [5.41, 5.74) is 6.51. The van der Waals surface area contributed by atoms with Crippen LogP contribution < -0.4 is 4.40 Å². The van der Waals surface area contributed by atoms with Gasteiger partial charge in [0.1, 0.15) is 0 Å². The van der Waals surface area contributed by atoms with E-state index >= 15 is 0 Å². The van der Waals surface area contributed by atoms with E-state index in [0.29, 0.717) is 0 Å². The van der Waals surface area contributed by atoms with E-state index in [2.05, 4.69) is 106 Å². The van der Waals surface area contributed by atoms with Crippen molar-refractivity contribution < 1.29 is 4.42 Å². The molecule has 0 saturated heterocycles. The molecule has 0 aliphatic rings. The second kappa shape index (κ2) is 9.19. The van der Waals surface area contributed by atoms with Gasteiger partial charge in [0.2, 0.25) is 0 Å². The van der Waals surface area contributed by atoms with Crippen LogP contribution in [0.1, 0.15) is 31.9 Å². The van der Waals surface area contributed by atoms with E-state index < -0.39 is 13.3 Å². The van der Waals surface area contributed by atoms with Gasteiger partial charge in [0.05, 0.1) is 0 Å². The summed E-state index contributed by atoms with van der Waals surface area (Å²) < 4.78 is 7.97. The van der Waals surface area contributed by atoms with E-state index in [1.54, 1.807) is 0 Å². The van der Waals surface area contributed by atoms with Gasteiger partial charge in [-0.2, -0.15) is 0 Å². The molecule has 0 atom stereocenters. The topological polar surface area (TPSA) is 26.0 Å². The Kier molecular flexibility index (Phi) is 6.12. The molecule has 3 heteroatoms. The van der Waals surface area contributed by atoms with Crippen LogP contribution in [0.2, 0.25) is 15.8 Å². The van der Waals surface area contributed by atoms with Crippen molar-refractivity contribution in [3.63, 3.8) is 0 Å². The maximum absolute atomic E-state index is 6.45. The van der Waals surface area contributed by atoms with Gasteiger partial charge in [-0.3, -0.25) is 0 Å². The van der Waals surface area contributed by atoms with Crippen molar-refractivity contribution in [2.75, 3.05) is 0 Å². The van der Waals surface area contributed by atoms with Crippen molar-refractivity contribution in [2.24, 2.45) is 0 Å². The SMILES string of the molecule is C[CH2][Ge]([CH2]C)([CH2]C)[c]1ccc(-c2cccc3c2oc2cc(Cc4ccccc4)ccc23)nc1. The minimum absolute atomic E-state index is 0.906. The molecule has 0 bridgehead atoms. The van der Waals surface area contributed by atoms with Gasteiger partial charge < -0.3 is 0 Å². The van der Waals surface area contributed by atoms with Crippen molar-refractivity contribution in [1.29, 1.82) is 0 Å². The fourth-order valence-corrected chi connectivity index (χ4v) is 12.6. The molecule has 0 fully saturated rings. The molecule has 2 nitrogen and oxygen atoms in total. The normalized spacial score (nSPS) is 12.0. The van der Waals surface area contributed by atoms with Crippen molar-refractivity contribution >= 4 is 39.6 Å². The van der Waals surface area contributed by atoms with Crippen molar-refractivity contribution in [1.82, 2.24) is 4.98 Å². The predicted molar refractivity (Wildman–Crippen MR) is 143 cm³/mol. The van der Waals surface area contributed by atoms with Crippen LogP contribution in [-0.2, 0) is 6.42 Å². The van der Waals surface area contributed by atoms with Crippen molar-refractivity contribution in [3.05, 3.63) is 96.2 Å². The molecule has 33 heavy (non-hydrogen) atoms. The second-order valence-electron chi connectivity index (χ2n) is 9.05. The summed E-state index contributed by atoms with van der Waals surface area (Å²) in [5.74, 6) is 0. The Hall–Kier alpha value is -2.85. The van der Waals surface area contributed by atoms with Crippen LogP contribution in [0.4, 0.5) is 0 Å². The third kappa shape index (κ3) is 4.02. The summed E-state index contributed by atoms with van der Waals surface area (Å²) in [6, 6.07) is 28.1. The standard InChI is InChI=1S/C30H31GeNO/c1-4-31(5-2,6-3)24-16-18-28(32-21-24)27-14-10-13-26-25-17-15-23(20-29(25)33-30(26)27)19-22-11-8-7-9-12-22/h7-18,20-21H,4-6,19H2,1-3H3. The number of nitrogens with zero attached hydrogens (tertiary/aromatic N) is 1. The molecule has 0 saturated carbocycles. The molecule has 0 aliphatic heterocycles. The van der Waals surface area contributed by atoms with Crippen molar-refractivity contribution in [3.8, 4) is 11.3 Å². The van der Waals surface area contributed by atoms with Gasteiger partial charge in [-0.1, -0.05) is 30.3 Å². The number of fused-ring (bicyclic) bond motifs is 3. The van der Waals surface area contributed by atoms with Crippen LogP contribution in [0, 0.1) is 0 Å². The van der Waals surface area contributed by atoms with E-state index in [9.17, 15) is 0 Å². The molecule has 0 N–H and O–H groups in total. The quantitative estimate of drug-likeness (QED) is 0.215. The Labute approximate surface area is 199 Å². The van der Waals surface area contributed by atoms with Gasteiger partial charge in [0.15, 0.2) is 0 Å². The number of benzene rings is 3. The Morgan fingerprint density at radius 2 is 1.52 bits per heavy atom. The van der Waals surface area contributed by atoms with E-state index in [1.165, 1.54) is 31.3 Å². The number of hydrogen-bond acceptors (Lipinski definition) is 2. The average molecular weight is 494 g/mol. The van der Waals surface area contributed by atoms with Gasteiger partial charge in [0.25, 0.3) is 0 Å². The Morgan fingerprint density at radius 3 is 2.21 bits per heavy atom. The number of furan rings is 1. The maximum atomic E-state index is 6.45. The van der Waals surface area contributed by atoms with Gasteiger partial charge in [0, 0.05) is 0 Å². The fraction of sp³-hybridized carbons (Fsp3) is 0.233. The molecule has 0 spiro atoms. The molecule has 0 aliphatic carbocycles. The molecule has 3 aromatic carbocycles. The summed E-state index contributed by atoms with van der Waals surface area (Å²) in [6.45, 7) is 7.09. The first-order valence-electron chi connectivity index (χ1n) is 12.1. The van der Waals surface area contributed by atoms with Crippen LogP contribution in [0.15, 0.2) is 89.5 Å². The molecule has 0 radical (unpaired) electrons. The summed E-state index contributed by atoms with van der Waals surface area (Å²) in [5, 5.41) is 6.27. The number of rotatable bonds is 7. The van der Waals surface area contributed by atoms with Gasteiger partial charge >= 0.3 is 169 Å². The number of para-hydroxylation sites is 1. The van der Waals surface area contributed by atoms with E-state index in [-0.39, 0.29) is 0 Å². The molecule has 0 unspecified atom stereocenters. The van der Waals surface area contributed by atoms with Crippen LogP contribution in [0.3, 0.4) is 0 Å². The van der Waals surface area contributed by atoms with Gasteiger partial charge in [-0.15, -0.1) is 0 Å². The van der Waals surface area contributed by atoms with E-state index in [1.807, 2.05) is 0 Å². The molecule has 5 rings (SSSR count). The van der Waals surface area contributed by atoms with E-state index in [4.69, 9.17) is 9.40 Å². The molecule has 0 amide bonds. The Balaban J connectivity index is 1.54. The molecule has 2 heterocycles. The average Bonchev–Trinajstić information content (AvgIpc) is 3.24. The monoisotopic (exact) mass is 495 g/mol. The van der Waals surface area contributed by atoms with Crippen LogP contribution in [0.25, 0.3) is 33.2 Å². The zero-order chi connectivity index (χ0) is 22.8. The van der Waals surface area contributed by atoms with Crippen LogP contribution in [-0.4, -0.2) is 18.3 Å². The zero-order valence-electron chi connectivity index (χ0n) is 19.8. The molecule has 5 aromatic rings. The summed E-state index contributed by atoms with van der Waals surface area (Å²) in [6.07, 6.45) is 3.06. The third-order valence-corrected chi connectivity index (χ3v) is 19.2. The Bertz CT molecular complexity index is 1370. The molecular weight excluding hydrogens is 463 g/mol. The fourth-order valence-electron chi connectivity index (χ4n) is 5.22. The summed E-state index contributed by atoms with van der Waals surface area (Å²) in [4.78, 5) is 4.94. The number of pyridine rings is 1. The first-order chi connectivity index (χ1) is 16.2. The van der Waals surface area contributed by atoms with E-state index in [0.717, 1.165) is 39.6 Å². The Morgan fingerprint density at radius 1 is 0.727 bits per heavy atom. The summed E-state index contributed by atoms with van der Waals surface area (Å²) in [7, 11) is 0. The first kappa shape index (κ1) is 22.0. The van der Waals surface area contributed by atoms with Gasteiger partial charge in [-0.05, 0) is 0 Å². The summed E-state index contributed by atoms with van der Waals surface area (Å²) >= 11 is -1.99. The number of aromatic nitrogens is 1. The van der Waals surface area contributed by atoms with Crippen LogP contribution >= 0.6 is 0 Å². The first-order valence-corrected chi connectivity index (χ1v) is 17.6. The second-order valence-corrected chi connectivity index (χ2v) is 20.1. The number of hydrogen-bond donors (Lipinski definition) is 0. The molecular formula is C30H31GeNO. The zero-order valence-corrected chi connectivity index (χ0v) is 21.9. The van der Waals surface area contributed by atoms with Crippen LogP contribution in [0.5, 0.6) is 0 Å². The molecule has 166 valence electrons. The predicted octanol–water partition coefficient (Wildman–Crippen LogP) is 7.95. The molecule has 2 aromatic heterocycles.